The highest BCUT2D eigenvalue weighted by molar-refractivity contribution is 5.89. The Morgan fingerprint density at radius 2 is 0.893 bits per heavy atom. The molecule has 3 rings (SSSR count). The van der Waals surface area contributed by atoms with E-state index in [1.165, 1.54) is 12.2 Å². The van der Waals surface area contributed by atoms with Gasteiger partial charge in [0.15, 0.2) is 0 Å². The molecule has 4 heteroatoms. The number of hydrogen-bond acceptors (Lipinski definition) is 4. The largest absolute Gasteiger partial charge is 0.423 e. The molecule has 0 N–H and O–H groups in total. The number of carbonyl (C=O) groups excluding carboxylic acids is 2. The van der Waals surface area contributed by atoms with Gasteiger partial charge in [-0.25, -0.2) is 9.59 Å². The van der Waals surface area contributed by atoms with Crippen LogP contribution in [0.1, 0.15) is 11.1 Å². The smallest absolute Gasteiger partial charge is 0.336 e. The maximum Gasteiger partial charge on any atom is 0.336 e. The molecule has 0 aromatic heterocycles. The summed E-state index contributed by atoms with van der Waals surface area (Å²) in [5.74, 6) is -0.247. The highest BCUT2D eigenvalue weighted by Gasteiger charge is 2.04. The zero-order valence-electron chi connectivity index (χ0n) is 15.0. The normalized spacial score (nSPS) is 10.9. The maximum atomic E-state index is 11.9. The molecule has 138 valence electrons. The highest BCUT2D eigenvalue weighted by atomic mass is 16.5. The first-order valence-electron chi connectivity index (χ1n) is 8.69. The van der Waals surface area contributed by atoms with Gasteiger partial charge >= 0.3 is 11.9 Å². The standard InChI is InChI=1S/C24H18O4/c25-23(17-11-19-7-3-1-4-8-19)27-21-13-15-22(16-14-21)28-24(26)18-12-20-9-5-2-6-10-20/h1-18H. The lowest BCUT2D eigenvalue weighted by Crippen LogP contribution is -2.05. The van der Waals surface area contributed by atoms with Crippen LogP contribution in [0.5, 0.6) is 11.5 Å². The molecule has 0 saturated heterocycles. The molecule has 0 aliphatic rings. The summed E-state index contributed by atoms with van der Waals surface area (Å²) in [5, 5.41) is 0. The van der Waals surface area contributed by atoms with Crippen LogP contribution in [0, 0.1) is 0 Å². The number of hydrogen-bond donors (Lipinski definition) is 0. The van der Waals surface area contributed by atoms with Crippen LogP contribution in [0.4, 0.5) is 0 Å². The first-order chi connectivity index (χ1) is 13.7. The Balaban J connectivity index is 1.51. The highest BCUT2D eigenvalue weighted by Crippen LogP contribution is 2.18. The Morgan fingerprint density at radius 1 is 0.536 bits per heavy atom. The molecule has 0 aliphatic carbocycles. The van der Waals surface area contributed by atoms with Crippen molar-refractivity contribution in [2.45, 2.75) is 0 Å². The minimum absolute atomic E-state index is 0.363. The minimum atomic E-state index is -0.487. The SMILES string of the molecule is O=C(C=Cc1ccccc1)Oc1ccc(OC(=O)C=Cc2ccccc2)cc1. The molecular weight excluding hydrogens is 352 g/mol. The summed E-state index contributed by atoms with van der Waals surface area (Å²) in [6.45, 7) is 0. The van der Waals surface area contributed by atoms with Gasteiger partial charge in [0.2, 0.25) is 0 Å². The molecule has 0 spiro atoms. The molecule has 0 aliphatic heterocycles. The molecule has 3 aromatic carbocycles. The zero-order chi connectivity index (χ0) is 19.6. The molecule has 0 unspecified atom stereocenters. The Kier molecular flexibility index (Phi) is 6.53. The molecule has 0 atom stereocenters. The Labute approximate surface area is 163 Å². The van der Waals surface area contributed by atoms with E-state index in [-0.39, 0.29) is 0 Å². The predicted octanol–water partition coefficient (Wildman–Crippen LogP) is 4.92. The summed E-state index contributed by atoms with van der Waals surface area (Å²) in [7, 11) is 0. The lowest BCUT2D eigenvalue weighted by molar-refractivity contribution is -0.130. The Bertz CT molecular complexity index is 890. The third-order valence-electron chi connectivity index (χ3n) is 3.68. The maximum absolute atomic E-state index is 11.9. The van der Waals surface area contributed by atoms with Gasteiger partial charge in [-0.1, -0.05) is 60.7 Å². The third-order valence-corrected chi connectivity index (χ3v) is 3.68. The molecule has 3 aromatic rings. The van der Waals surface area contributed by atoms with Gasteiger partial charge in [0.1, 0.15) is 11.5 Å². The van der Waals surface area contributed by atoms with E-state index in [1.54, 1.807) is 36.4 Å². The first kappa shape index (κ1) is 18.9. The topological polar surface area (TPSA) is 52.6 Å². The van der Waals surface area contributed by atoms with Gasteiger partial charge in [-0.15, -0.1) is 0 Å². The second kappa shape index (κ2) is 9.69. The van der Waals surface area contributed by atoms with E-state index in [9.17, 15) is 9.59 Å². The average molecular weight is 370 g/mol. The minimum Gasteiger partial charge on any atom is -0.423 e. The lowest BCUT2D eigenvalue weighted by atomic mass is 10.2. The van der Waals surface area contributed by atoms with Crippen molar-refractivity contribution in [1.29, 1.82) is 0 Å². The summed E-state index contributed by atoms with van der Waals surface area (Å²) >= 11 is 0. The fourth-order valence-electron chi connectivity index (χ4n) is 2.33. The molecule has 0 radical (unpaired) electrons. The van der Waals surface area contributed by atoms with Crippen molar-refractivity contribution in [3.63, 3.8) is 0 Å². The van der Waals surface area contributed by atoms with Crippen LogP contribution in [-0.2, 0) is 9.59 Å². The number of carbonyl (C=O) groups is 2. The number of rotatable bonds is 6. The molecule has 0 fully saturated rings. The summed E-state index contributed by atoms with van der Waals surface area (Å²) in [5.41, 5.74) is 1.82. The van der Waals surface area contributed by atoms with Crippen molar-refractivity contribution in [3.8, 4) is 11.5 Å². The van der Waals surface area contributed by atoms with Gasteiger partial charge in [0.25, 0.3) is 0 Å². The molecular formula is C24H18O4. The first-order valence-corrected chi connectivity index (χ1v) is 8.69. The molecule has 0 amide bonds. The van der Waals surface area contributed by atoms with E-state index in [1.807, 2.05) is 60.7 Å². The van der Waals surface area contributed by atoms with Gasteiger partial charge in [-0.05, 0) is 47.5 Å². The van der Waals surface area contributed by atoms with E-state index in [0.717, 1.165) is 11.1 Å². The number of ether oxygens (including phenoxy) is 2. The van der Waals surface area contributed by atoms with Crippen LogP contribution in [0.2, 0.25) is 0 Å². The summed E-state index contributed by atoms with van der Waals surface area (Å²) in [6, 6.07) is 25.2. The van der Waals surface area contributed by atoms with Crippen molar-refractivity contribution < 1.29 is 19.1 Å². The van der Waals surface area contributed by atoms with Gasteiger partial charge < -0.3 is 9.47 Å². The van der Waals surface area contributed by atoms with Crippen molar-refractivity contribution in [1.82, 2.24) is 0 Å². The quantitative estimate of drug-likeness (QED) is 0.351. The van der Waals surface area contributed by atoms with Crippen molar-refractivity contribution in [2.75, 3.05) is 0 Å². The monoisotopic (exact) mass is 370 g/mol. The van der Waals surface area contributed by atoms with Crippen LogP contribution < -0.4 is 9.47 Å². The molecule has 28 heavy (non-hydrogen) atoms. The van der Waals surface area contributed by atoms with E-state index in [0.29, 0.717) is 11.5 Å². The fraction of sp³-hybridized carbons (Fsp3) is 0. The molecule has 0 bridgehead atoms. The predicted molar refractivity (Wildman–Crippen MR) is 109 cm³/mol. The van der Waals surface area contributed by atoms with Crippen LogP contribution in [-0.4, -0.2) is 11.9 Å². The van der Waals surface area contributed by atoms with E-state index in [2.05, 4.69) is 0 Å². The number of benzene rings is 3. The van der Waals surface area contributed by atoms with Crippen LogP contribution in [0.15, 0.2) is 97.1 Å². The van der Waals surface area contributed by atoms with Crippen molar-refractivity contribution in [2.24, 2.45) is 0 Å². The lowest BCUT2D eigenvalue weighted by Gasteiger charge is -2.04. The van der Waals surface area contributed by atoms with E-state index >= 15 is 0 Å². The van der Waals surface area contributed by atoms with Crippen LogP contribution >= 0.6 is 0 Å². The summed E-state index contributed by atoms with van der Waals surface area (Å²) in [6.07, 6.45) is 6.07. The summed E-state index contributed by atoms with van der Waals surface area (Å²) in [4.78, 5) is 23.7. The summed E-state index contributed by atoms with van der Waals surface area (Å²) < 4.78 is 10.4. The van der Waals surface area contributed by atoms with Gasteiger partial charge in [-0.3, -0.25) is 0 Å². The Hall–Kier alpha value is -3.92. The second-order valence-electron chi connectivity index (χ2n) is 5.80. The molecule has 0 heterocycles. The second-order valence-corrected chi connectivity index (χ2v) is 5.80. The molecule has 4 nitrogen and oxygen atoms in total. The van der Waals surface area contributed by atoms with Gasteiger partial charge in [0, 0.05) is 12.2 Å². The average Bonchev–Trinajstić information content (AvgIpc) is 2.74. The van der Waals surface area contributed by atoms with Crippen molar-refractivity contribution >= 4 is 24.1 Å². The zero-order valence-corrected chi connectivity index (χ0v) is 15.0. The third kappa shape index (κ3) is 6.11. The van der Waals surface area contributed by atoms with Gasteiger partial charge in [-0.2, -0.15) is 0 Å². The van der Waals surface area contributed by atoms with E-state index in [4.69, 9.17) is 9.47 Å². The van der Waals surface area contributed by atoms with E-state index < -0.39 is 11.9 Å². The van der Waals surface area contributed by atoms with Crippen LogP contribution in [0.25, 0.3) is 12.2 Å². The van der Waals surface area contributed by atoms with Crippen molar-refractivity contribution in [3.05, 3.63) is 108 Å². The number of esters is 2. The fourth-order valence-corrected chi connectivity index (χ4v) is 2.33. The van der Waals surface area contributed by atoms with Crippen LogP contribution in [0.3, 0.4) is 0 Å². The Morgan fingerprint density at radius 3 is 1.25 bits per heavy atom. The van der Waals surface area contributed by atoms with Gasteiger partial charge in [0.05, 0.1) is 0 Å². The molecule has 0 saturated carbocycles.